The lowest BCUT2D eigenvalue weighted by Crippen LogP contribution is -2.46. The Bertz CT molecular complexity index is 179. The summed E-state index contributed by atoms with van der Waals surface area (Å²) < 4.78 is 35.7. The van der Waals surface area contributed by atoms with Crippen molar-refractivity contribution >= 4 is 5.91 Å². The number of carbonyl (C=O) groups excluding carboxylic acids is 1. The van der Waals surface area contributed by atoms with Gasteiger partial charge in [-0.1, -0.05) is 0 Å². The van der Waals surface area contributed by atoms with E-state index in [1.54, 1.807) is 0 Å². The summed E-state index contributed by atoms with van der Waals surface area (Å²) in [5.74, 6) is -1.91. The van der Waals surface area contributed by atoms with Crippen molar-refractivity contribution in [2.45, 2.75) is 26.1 Å². The number of hydrogen-bond acceptors (Lipinski definition) is 2. The van der Waals surface area contributed by atoms with E-state index in [4.69, 9.17) is 5.11 Å². The first-order chi connectivity index (χ1) is 5.80. The second-order valence-electron chi connectivity index (χ2n) is 2.81. The molecule has 0 radical (unpaired) electrons. The Balaban J connectivity index is 4.47. The first-order valence-electron chi connectivity index (χ1n) is 3.79. The van der Waals surface area contributed by atoms with Crippen molar-refractivity contribution in [3.8, 4) is 0 Å². The predicted molar refractivity (Wildman–Crippen MR) is 40.0 cm³/mol. The average molecular weight is 199 g/mol. The van der Waals surface area contributed by atoms with Gasteiger partial charge in [0.25, 0.3) is 0 Å². The van der Waals surface area contributed by atoms with Gasteiger partial charge in [0.15, 0.2) is 0 Å². The number of rotatable bonds is 3. The molecule has 13 heavy (non-hydrogen) atoms. The van der Waals surface area contributed by atoms with Gasteiger partial charge in [0.2, 0.25) is 0 Å². The highest BCUT2D eigenvalue weighted by molar-refractivity contribution is 5.82. The Morgan fingerprint density at radius 3 is 2.15 bits per heavy atom. The number of hydrogen-bond donors (Lipinski definition) is 1. The molecule has 0 saturated carbocycles. The molecule has 0 aliphatic heterocycles. The fourth-order valence-corrected chi connectivity index (χ4v) is 0.865. The quantitative estimate of drug-likeness (QED) is 0.729. The molecule has 0 unspecified atom stereocenters. The summed E-state index contributed by atoms with van der Waals surface area (Å²) in [6.45, 7) is 2.15. The van der Waals surface area contributed by atoms with Crippen molar-refractivity contribution in [2.24, 2.45) is 0 Å². The van der Waals surface area contributed by atoms with Crippen molar-refractivity contribution in [2.75, 3.05) is 13.2 Å². The van der Waals surface area contributed by atoms with E-state index in [-0.39, 0.29) is 6.54 Å². The first kappa shape index (κ1) is 12.2. The summed E-state index contributed by atoms with van der Waals surface area (Å²) in [6, 6.07) is -0.568. The van der Waals surface area contributed by atoms with E-state index in [0.717, 1.165) is 0 Å². The van der Waals surface area contributed by atoms with Crippen LogP contribution in [0, 0.1) is 0 Å². The van der Waals surface area contributed by atoms with Crippen LogP contribution in [0.2, 0.25) is 0 Å². The minimum atomic E-state index is -4.86. The van der Waals surface area contributed by atoms with Gasteiger partial charge < -0.3 is 10.0 Å². The van der Waals surface area contributed by atoms with Gasteiger partial charge in [0, 0.05) is 12.6 Å². The molecular weight excluding hydrogens is 187 g/mol. The molecule has 0 aromatic carbocycles. The number of aliphatic hydroxyl groups is 1. The van der Waals surface area contributed by atoms with E-state index in [1.807, 2.05) is 0 Å². The molecule has 0 aliphatic carbocycles. The van der Waals surface area contributed by atoms with Crippen LogP contribution in [0.4, 0.5) is 13.2 Å². The highest BCUT2D eigenvalue weighted by Crippen LogP contribution is 2.19. The Labute approximate surface area is 74.1 Å². The van der Waals surface area contributed by atoms with Gasteiger partial charge in [0.05, 0.1) is 6.61 Å². The standard InChI is InChI=1S/C7H12F3NO2/c1-5(2)11(3-4-12)6(13)7(8,9)10/h5,12H,3-4H2,1-2H3. The zero-order valence-corrected chi connectivity index (χ0v) is 7.43. The molecule has 0 aliphatic rings. The maximum Gasteiger partial charge on any atom is 0.471 e. The molecule has 78 valence electrons. The fourth-order valence-electron chi connectivity index (χ4n) is 0.865. The Hall–Kier alpha value is -0.780. The lowest BCUT2D eigenvalue weighted by Gasteiger charge is -2.26. The largest absolute Gasteiger partial charge is 0.471 e. The number of halogens is 3. The highest BCUT2D eigenvalue weighted by atomic mass is 19.4. The third-order valence-corrected chi connectivity index (χ3v) is 1.47. The van der Waals surface area contributed by atoms with Gasteiger partial charge in [0.1, 0.15) is 0 Å². The van der Waals surface area contributed by atoms with E-state index in [0.29, 0.717) is 4.90 Å². The number of alkyl halides is 3. The number of amides is 1. The van der Waals surface area contributed by atoms with E-state index in [9.17, 15) is 18.0 Å². The van der Waals surface area contributed by atoms with Crippen LogP contribution >= 0.6 is 0 Å². The van der Waals surface area contributed by atoms with Crippen molar-refractivity contribution in [3.63, 3.8) is 0 Å². The molecule has 0 fully saturated rings. The van der Waals surface area contributed by atoms with Gasteiger partial charge in [-0.2, -0.15) is 13.2 Å². The molecule has 0 heterocycles. The summed E-state index contributed by atoms with van der Waals surface area (Å²) in [4.78, 5) is 11.3. The zero-order valence-electron chi connectivity index (χ0n) is 7.43. The second kappa shape index (κ2) is 4.45. The lowest BCUT2D eigenvalue weighted by molar-refractivity contribution is -0.187. The van der Waals surface area contributed by atoms with Crippen LogP contribution in [0.5, 0.6) is 0 Å². The molecule has 0 rings (SSSR count). The Morgan fingerprint density at radius 2 is 1.92 bits per heavy atom. The monoisotopic (exact) mass is 199 g/mol. The van der Waals surface area contributed by atoms with Gasteiger partial charge in [-0.05, 0) is 13.8 Å². The van der Waals surface area contributed by atoms with Crippen LogP contribution in [-0.4, -0.2) is 41.3 Å². The van der Waals surface area contributed by atoms with Crippen LogP contribution in [0.3, 0.4) is 0 Å². The summed E-state index contributed by atoms with van der Waals surface area (Å²) in [5.41, 5.74) is 0. The molecule has 0 saturated heterocycles. The number of carbonyl (C=O) groups is 1. The average Bonchev–Trinajstić information content (AvgIpc) is 1.96. The second-order valence-corrected chi connectivity index (χ2v) is 2.81. The minimum Gasteiger partial charge on any atom is -0.395 e. The third kappa shape index (κ3) is 3.63. The Kier molecular flexibility index (Phi) is 4.19. The SMILES string of the molecule is CC(C)N(CCO)C(=O)C(F)(F)F. The summed E-state index contributed by atoms with van der Waals surface area (Å²) in [6.07, 6.45) is -4.86. The smallest absolute Gasteiger partial charge is 0.395 e. The normalized spacial score (nSPS) is 11.9. The van der Waals surface area contributed by atoms with Gasteiger partial charge in [-0.3, -0.25) is 4.79 Å². The van der Waals surface area contributed by atoms with Crippen LogP contribution in [0.15, 0.2) is 0 Å². The molecule has 3 nitrogen and oxygen atoms in total. The Morgan fingerprint density at radius 1 is 1.46 bits per heavy atom. The van der Waals surface area contributed by atoms with Crippen molar-refractivity contribution in [3.05, 3.63) is 0 Å². The van der Waals surface area contributed by atoms with Gasteiger partial charge in [-0.25, -0.2) is 0 Å². The van der Waals surface area contributed by atoms with Crippen LogP contribution in [0.1, 0.15) is 13.8 Å². The van der Waals surface area contributed by atoms with Crippen molar-refractivity contribution < 1.29 is 23.1 Å². The van der Waals surface area contributed by atoms with Crippen LogP contribution in [-0.2, 0) is 4.79 Å². The molecule has 0 spiro atoms. The van der Waals surface area contributed by atoms with E-state index < -0.39 is 24.7 Å². The highest BCUT2D eigenvalue weighted by Gasteiger charge is 2.42. The van der Waals surface area contributed by atoms with Crippen molar-refractivity contribution in [1.29, 1.82) is 0 Å². The topological polar surface area (TPSA) is 40.5 Å². The maximum absolute atomic E-state index is 11.9. The summed E-state index contributed by atoms with van der Waals surface area (Å²) >= 11 is 0. The minimum absolute atomic E-state index is 0.296. The molecule has 0 bridgehead atoms. The lowest BCUT2D eigenvalue weighted by atomic mass is 10.3. The van der Waals surface area contributed by atoms with Gasteiger partial charge >= 0.3 is 12.1 Å². The van der Waals surface area contributed by atoms with Crippen LogP contribution < -0.4 is 0 Å². The van der Waals surface area contributed by atoms with Crippen LogP contribution in [0.25, 0.3) is 0 Å². The first-order valence-corrected chi connectivity index (χ1v) is 3.79. The number of aliphatic hydroxyl groups excluding tert-OH is 1. The van der Waals surface area contributed by atoms with E-state index in [1.165, 1.54) is 13.8 Å². The molecule has 0 atom stereocenters. The fraction of sp³-hybridized carbons (Fsp3) is 0.857. The third-order valence-electron chi connectivity index (χ3n) is 1.47. The molecule has 1 N–H and O–H groups in total. The van der Waals surface area contributed by atoms with Crippen molar-refractivity contribution in [1.82, 2.24) is 4.90 Å². The van der Waals surface area contributed by atoms with E-state index >= 15 is 0 Å². The maximum atomic E-state index is 11.9. The van der Waals surface area contributed by atoms with Gasteiger partial charge in [-0.15, -0.1) is 0 Å². The predicted octanol–water partition coefficient (Wildman–Crippen LogP) is 0.778. The summed E-state index contributed by atoms with van der Waals surface area (Å²) in [7, 11) is 0. The molecule has 6 heteroatoms. The zero-order chi connectivity index (χ0) is 10.6. The summed E-state index contributed by atoms with van der Waals surface area (Å²) in [5, 5.41) is 8.44. The van der Waals surface area contributed by atoms with E-state index in [2.05, 4.69) is 0 Å². The molecule has 1 amide bonds. The molecule has 0 aromatic heterocycles. The molecule has 0 aromatic rings. The number of nitrogens with zero attached hydrogens (tertiary/aromatic N) is 1. The molecular formula is C7H12F3NO2.